The first-order valence-corrected chi connectivity index (χ1v) is 13.0. The van der Waals surface area contributed by atoms with E-state index >= 15 is 0 Å². The van der Waals surface area contributed by atoms with Gasteiger partial charge in [-0.25, -0.2) is 0 Å². The van der Waals surface area contributed by atoms with Crippen LogP contribution < -0.4 is 14.8 Å². The first-order valence-electron chi connectivity index (χ1n) is 12.6. The normalized spacial score (nSPS) is 32.2. The Bertz CT molecular complexity index is 999. The number of ether oxygens (including phenoxy) is 2. The first kappa shape index (κ1) is 23.1. The summed E-state index contributed by atoms with van der Waals surface area (Å²) in [4.78, 5) is 0. The van der Waals surface area contributed by atoms with Crippen molar-refractivity contribution in [2.45, 2.75) is 84.9 Å². The Labute approximate surface area is 204 Å². The summed E-state index contributed by atoms with van der Waals surface area (Å²) in [6.07, 6.45) is 8.11. The molecule has 4 aliphatic carbocycles. The van der Waals surface area contributed by atoms with Crippen molar-refractivity contribution in [1.82, 2.24) is 5.32 Å². The van der Waals surface area contributed by atoms with E-state index in [0.29, 0.717) is 29.8 Å². The molecule has 0 saturated heterocycles. The monoisotopic (exact) mass is 467 g/mol. The van der Waals surface area contributed by atoms with Crippen molar-refractivity contribution in [2.24, 2.45) is 16.7 Å². The van der Waals surface area contributed by atoms with Crippen LogP contribution in [0.1, 0.15) is 76.0 Å². The Morgan fingerprint density at radius 1 is 0.939 bits per heavy atom. The molecular formula is C29H38ClNO2. The SMILES string of the molecule is CCOc1cc(CNC23CC4CC(C)(CC(C)(C4)C2)C3)c(Cl)cc1OCc1ccc(C)cc1. The lowest BCUT2D eigenvalue weighted by Crippen LogP contribution is -2.63. The molecule has 1 N–H and O–H groups in total. The van der Waals surface area contributed by atoms with Gasteiger partial charge in [-0.1, -0.05) is 55.3 Å². The predicted octanol–water partition coefficient (Wildman–Crippen LogP) is 7.46. The highest BCUT2D eigenvalue weighted by Gasteiger charge is 2.59. The zero-order chi connectivity index (χ0) is 23.3. The van der Waals surface area contributed by atoms with E-state index in [1.165, 1.54) is 44.1 Å². The quantitative estimate of drug-likeness (QED) is 0.436. The summed E-state index contributed by atoms with van der Waals surface area (Å²) in [5.41, 5.74) is 4.71. The summed E-state index contributed by atoms with van der Waals surface area (Å²) in [5.74, 6) is 2.35. The van der Waals surface area contributed by atoms with Crippen molar-refractivity contribution < 1.29 is 9.47 Å². The fourth-order valence-electron chi connectivity index (χ4n) is 7.87. The van der Waals surface area contributed by atoms with Gasteiger partial charge >= 0.3 is 0 Å². The number of aryl methyl sites for hydroxylation is 1. The Morgan fingerprint density at radius 2 is 1.61 bits per heavy atom. The zero-order valence-electron chi connectivity index (χ0n) is 20.6. The minimum absolute atomic E-state index is 0.249. The molecule has 0 heterocycles. The van der Waals surface area contributed by atoms with E-state index in [-0.39, 0.29) is 5.54 Å². The summed E-state index contributed by atoms with van der Waals surface area (Å²) in [5, 5.41) is 4.75. The Kier molecular flexibility index (Phi) is 5.94. The third-order valence-electron chi connectivity index (χ3n) is 8.21. The van der Waals surface area contributed by atoms with Gasteiger partial charge in [-0.3, -0.25) is 0 Å². The maximum absolute atomic E-state index is 6.77. The maximum Gasteiger partial charge on any atom is 0.163 e. The molecule has 0 amide bonds. The Balaban J connectivity index is 1.31. The summed E-state index contributed by atoms with van der Waals surface area (Å²) in [7, 11) is 0. The van der Waals surface area contributed by atoms with Crippen LogP contribution in [0.15, 0.2) is 36.4 Å². The lowest BCUT2D eigenvalue weighted by atomic mass is 9.43. The molecule has 4 aliphatic rings. The van der Waals surface area contributed by atoms with Crippen LogP contribution in [0.4, 0.5) is 0 Å². The van der Waals surface area contributed by atoms with E-state index in [9.17, 15) is 0 Å². The lowest BCUT2D eigenvalue weighted by Gasteiger charge is -2.65. The molecule has 0 spiro atoms. The molecule has 3 nitrogen and oxygen atoms in total. The van der Waals surface area contributed by atoms with Gasteiger partial charge < -0.3 is 14.8 Å². The van der Waals surface area contributed by atoms with Crippen molar-refractivity contribution in [1.29, 1.82) is 0 Å². The highest BCUT2D eigenvalue weighted by Crippen LogP contribution is 2.66. The highest BCUT2D eigenvalue weighted by atomic mass is 35.5. The second-order valence-corrected chi connectivity index (χ2v) is 12.3. The van der Waals surface area contributed by atoms with Crippen LogP contribution in [0.25, 0.3) is 0 Å². The second kappa shape index (κ2) is 8.50. The molecule has 2 unspecified atom stereocenters. The van der Waals surface area contributed by atoms with Crippen LogP contribution in [0.2, 0.25) is 5.02 Å². The molecule has 0 aliphatic heterocycles. The molecule has 4 fully saturated rings. The van der Waals surface area contributed by atoms with Gasteiger partial charge in [0.2, 0.25) is 0 Å². The van der Waals surface area contributed by atoms with Crippen LogP contribution in [0.3, 0.4) is 0 Å². The van der Waals surface area contributed by atoms with Crippen molar-refractivity contribution in [3.05, 3.63) is 58.1 Å². The summed E-state index contributed by atoms with van der Waals surface area (Å²) in [6, 6.07) is 12.4. The van der Waals surface area contributed by atoms with Gasteiger partial charge in [0, 0.05) is 23.2 Å². The molecule has 4 saturated carbocycles. The van der Waals surface area contributed by atoms with Crippen LogP contribution in [-0.2, 0) is 13.2 Å². The Morgan fingerprint density at radius 3 is 2.24 bits per heavy atom. The lowest BCUT2D eigenvalue weighted by molar-refractivity contribution is -0.118. The third-order valence-corrected chi connectivity index (χ3v) is 8.56. The number of hydrogen-bond donors (Lipinski definition) is 1. The van der Waals surface area contributed by atoms with E-state index in [0.717, 1.165) is 34.4 Å². The smallest absolute Gasteiger partial charge is 0.163 e. The maximum atomic E-state index is 6.77. The molecular weight excluding hydrogens is 430 g/mol. The van der Waals surface area contributed by atoms with Gasteiger partial charge in [0.25, 0.3) is 0 Å². The second-order valence-electron chi connectivity index (χ2n) is 11.9. The van der Waals surface area contributed by atoms with Gasteiger partial charge in [-0.05, 0) is 86.3 Å². The van der Waals surface area contributed by atoms with Crippen LogP contribution >= 0.6 is 11.6 Å². The van der Waals surface area contributed by atoms with Crippen LogP contribution in [0, 0.1) is 23.7 Å². The molecule has 2 aromatic carbocycles. The highest BCUT2D eigenvalue weighted by molar-refractivity contribution is 6.31. The largest absolute Gasteiger partial charge is 0.490 e. The standard InChI is InChI=1S/C29H38ClNO2/c1-5-32-25-10-23(24(30)11-26(25)33-16-21-8-6-20(2)7-9-21)15-31-29-14-22-12-27(3,18-29)17-28(4,13-22)19-29/h6-11,22,31H,5,12-19H2,1-4H3. The summed E-state index contributed by atoms with van der Waals surface area (Å²) in [6.45, 7) is 11.0. The summed E-state index contributed by atoms with van der Waals surface area (Å²) >= 11 is 6.77. The minimum Gasteiger partial charge on any atom is -0.490 e. The van der Waals surface area contributed by atoms with Crippen molar-refractivity contribution in [2.75, 3.05) is 6.61 Å². The van der Waals surface area contributed by atoms with Gasteiger partial charge in [-0.2, -0.15) is 0 Å². The molecule has 4 bridgehead atoms. The molecule has 4 heteroatoms. The van der Waals surface area contributed by atoms with Crippen molar-refractivity contribution in [3.63, 3.8) is 0 Å². The molecule has 33 heavy (non-hydrogen) atoms. The predicted molar refractivity (Wildman–Crippen MR) is 135 cm³/mol. The van der Waals surface area contributed by atoms with E-state index in [1.54, 1.807) is 0 Å². The van der Waals surface area contributed by atoms with E-state index in [4.69, 9.17) is 21.1 Å². The van der Waals surface area contributed by atoms with Gasteiger partial charge in [0.15, 0.2) is 11.5 Å². The molecule has 178 valence electrons. The van der Waals surface area contributed by atoms with E-state index < -0.39 is 0 Å². The average molecular weight is 468 g/mol. The van der Waals surface area contributed by atoms with Gasteiger partial charge in [0.05, 0.1) is 6.61 Å². The average Bonchev–Trinajstić information content (AvgIpc) is 2.71. The fraction of sp³-hybridized carbons (Fsp3) is 0.586. The van der Waals surface area contributed by atoms with Gasteiger partial charge in [-0.15, -0.1) is 0 Å². The molecule has 0 aromatic heterocycles. The molecule has 2 aromatic rings. The third kappa shape index (κ3) is 4.77. The Hall–Kier alpha value is -1.71. The van der Waals surface area contributed by atoms with E-state index in [1.807, 2.05) is 13.0 Å². The molecule has 6 rings (SSSR count). The minimum atomic E-state index is 0.249. The number of hydrogen-bond acceptors (Lipinski definition) is 3. The number of halogens is 1. The van der Waals surface area contributed by atoms with Crippen LogP contribution in [0.5, 0.6) is 11.5 Å². The number of benzene rings is 2. The summed E-state index contributed by atoms with van der Waals surface area (Å²) < 4.78 is 12.1. The number of nitrogens with one attached hydrogen (secondary N) is 1. The molecule has 0 radical (unpaired) electrons. The first-order chi connectivity index (χ1) is 15.7. The topological polar surface area (TPSA) is 30.5 Å². The fourth-order valence-corrected chi connectivity index (χ4v) is 8.09. The zero-order valence-corrected chi connectivity index (χ0v) is 21.4. The van der Waals surface area contributed by atoms with Crippen molar-refractivity contribution >= 4 is 11.6 Å². The molecule has 2 atom stereocenters. The van der Waals surface area contributed by atoms with Crippen LogP contribution in [-0.4, -0.2) is 12.1 Å². The van der Waals surface area contributed by atoms with Gasteiger partial charge in [0.1, 0.15) is 6.61 Å². The van der Waals surface area contributed by atoms with E-state index in [2.05, 4.69) is 56.4 Å². The van der Waals surface area contributed by atoms with Crippen molar-refractivity contribution in [3.8, 4) is 11.5 Å². The number of rotatable bonds is 8.